The van der Waals surface area contributed by atoms with Crippen molar-refractivity contribution >= 4 is 17.0 Å². The topological polar surface area (TPSA) is 46.9 Å². The number of aryl methyl sites for hydroxylation is 1. The minimum Gasteiger partial charge on any atom is -0.316 e. The van der Waals surface area contributed by atoms with Gasteiger partial charge in [0.1, 0.15) is 0 Å². The third kappa shape index (κ3) is 2.42. The van der Waals surface area contributed by atoms with Gasteiger partial charge in [0.25, 0.3) is 5.56 Å². The van der Waals surface area contributed by atoms with Gasteiger partial charge in [-0.3, -0.25) is 4.79 Å². The SMILES string of the molecule is CNCC=Cc1ccc2ncn(C)c(=O)c2c1. The van der Waals surface area contributed by atoms with Gasteiger partial charge in [0.2, 0.25) is 0 Å². The molecule has 2 aromatic rings. The molecule has 0 bridgehead atoms. The van der Waals surface area contributed by atoms with Crippen molar-refractivity contribution in [2.75, 3.05) is 13.6 Å². The second-order valence-electron chi connectivity index (χ2n) is 3.90. The molecule has 1 heterocycles. The van der Waals surface area contributed by atoms with Crippen LogP contribution in [-0.2, 0) is 7.05 Å². The molecule has 0 aliphatic rings. The first-order chi connectivity index (χ1) is 8.22. The summed E-state index contributed by atoms with van der Waals surface area (Å²) in [6.07, 6.45) is 5.55. The fourth-order valence-electron chi connectivity index (χ4n) is 1.65. The van der Waals surface area contributed by atoms with Gasteiger partial charge < -0.3 is 9.88 Å². The smallest absolute Gasteiger partial charge is 0.260 e. The van der Waals surface area contributed by atoms with Crippen LogP contribution in [0.4, 0.5) is 0 Å². The van der Waals surface area contributed by atoms with Gasteiger partial charge in [-0.05, 0) is 24.7 Å². The first kappa shape index (κ1) is 11.5. The summed E-state index contributed by atoms with van der Waals surface area (Å²) in [4.78, 5) is 16.1. The monoisotopic (exact) mass is 229 g/mol. The van der Waals surface area contributed by atoms with E-state index in [9.17, 15) is 4.79 Å². The molecule has 0 atom stereocenters. The van der Waals surface area contributed by atoms with E-state index >= 15 is 0 Å². The van der Waals surface area contributed by atoms with Crippen molar-refractivity contribution in [2.24, 2.45) is 7.05 Å². The standard InChI is InChI=1S/C13H15N3O/c1-14-7-3-4-10-5-6-12-11(8-10)13(17)16(2)9-15-12/h3-6,8-9,14H,7H2,1-2H3. The molecule has 0 aliphatic heterocycles. The number of nitrogens with one attached hydrogen (secondary N) is 1. The molecule has 0 aliphatic carbocycles. The van der Waals surface area contributed by atoms with Crippen molar-refractivity contribution in [1.82, 2.24) is 14.9 Å². The molecule has 1 N–H and O–H groups in total. The Balaban J connectivity index is 2.49. The third-order valence-corrected chi connectivity index (χ3v) is 2.57. The number of hydrogen-bond donors (Lipinski definition) is 1. The van der Waals surface area contributed by atoms with Crippen LogP contribution in [-0.4, -0.2) is 23.1 Å². The minimum absolute atomic E-state index is 0.0149. The van der Waals surface area contributed by atoms with E-state index in [0.29, 0.717) is 5.39 Å². The van der Waals surface area contributed by atoms with Gasteiger partial charge in [-0.25, -0.2) is 4.98 Å². The molecule has 1 aromatic heterocycles. The van der Waals surface area contributed by atoms with Crippen LogP contribution >= 0.6 is 0 Å². The number of fused-ring (bicyclic) bond motifs is 1. The van der Waals surface area contributed by atoms with Gasteiger partial charge in [-0.1, -0.05) is 18.2 Å². The lowest BCUT2D eigenvalue weighted by Crippen LogP contribution is -2.16. The Morgan fingerprint density at radius 2 is 2.29 bits per heavy atom. The molecule has 0 spiro atoms. The second-order valence-corrected chi connectivity index (χ2v) is 3.90. The summed E-state index contributed by atoms with van der Waals surface area (Å²) in [5.74, 6) is 0. The van der Waals surface area contributed by atoms with Crippen molar-refractivity contribution in [2.45, 2.75) is 0 Å². The number of likely N-dealkylation sites (N-methyl/N-ethyl adjacent to an activating group) is 1. The normalized spacial score (nSPS) is 11.4. The van der Waals surface area contributed by atoms with Crippen molar-refractivity contribution in [3.05, 3.63) is 46.5 Å². The van der Waals surface area contributed by atoms with Crippen LogP contribution in [0.15, 0.2) is 35.4 Å². The van der Waals surface area contributed by atoms with Crippen molar-refractivity contribution in [3.63, 3.8) is 0 Å². The van der Waals surface area contributed by atoms with Crippen LogP contribution in [0.3, 0.4) is 0 Å². The van der Waals surface area contributed by atoms with E-state index in [0.717, 1.165) is 17.6 Å². The average Bonchev–Trinajstić information content (AvgIpc) is 2.35. The summed E-state index contributed by atoms with van der Waals surface area (Å²) in [5.41, 5.74) is 1.73. The summed E-state index contributed by atoms with van der Waals surface area (Å²) in [6.45, 7) is 0.809. The molecule has 0 fully saturated rings. The highest BCUT2D eigenvalue weighted by molar-refractivity contribution is 5.80. The molecule has 1 aromatic carbocycles. The fourth-order valence-corrected chi connectivity index (χ4v) is 1.65. The van der Waals surface area contributed by atoms with E-state index in [2.05, 4.69) is 10.3 Å². The zero-order valence-corrected chi connectivity index (χ0v) is 9.97. The lowest BCUT2D eigenvalue weighted by atomic mass is 10.1. The van der Waals surface area contributed by atoms with Crippen molar-refractivity contribution < 1.29 is 0 Å². The van der Waals surface area contributed by atoms with E-state index in [1.54, 1.807) is 13.4 Å². The molecule has 0 saturated carbocycles. The lowest BCUT2D eigenvalue weighted by molar-refractivity contribution is 0.843. The van der Waals surface area contributed by atoms with E-state index in [1.165, 1.54) is 4.57 Å². The number of aromatic nitrogens is 2. The van der Waals surface area contributed by atoms with Gasteiger partial charge in [0, 0.05) is 13.6 Å². The Bertz CT molecular complexity index is 614. The molecule has 0 saturated heterocycles. The van der Waals surface area contributed by atoms with Gasteiger partial charge in [-0.2, -0.15) is 0 Å². The van der Waals surface area contributed by atoms with Gasteiger partial charge >= 0.3 is 0 Å². The lowest BCUT2D eigenvalue weighted by Gasteiger charge is -2.01. The Kier molecular flexibility index (Phi) is 3.35. The molecule has 4 nitrogen and oxygen atoms in total. The quantitative estimate of drug-likeness (QED) is 0.859. The van der Waals surface area contributed by atoms with E-state index in [4.69, 9.17) is 0 Å². The van der Waals surface area contributed by atoms with Gasteiger partial charge in [0.05, 0.1) is 17.2 Å². The van der Waals surface area contributed by atoms with Crippen LogP contribution in [0.5, 0.6) is 0 Å². The van der Waals surface area contributed by atoms with Gasteiger partial charge in [0.15, 0.2) is 0 Å². The Hall–Kier alpha value is -1.94. The predicted octanol–water partition coefficient (Wildman–Crippen LogP) is 1.17. The summed E-state index contributed by atoms with van der Waals surface area (Å²) in [7, 11) is 3.60. The van der Waals surface area contributed by atoms with E-state index in [1.807, 2.05) is 37.4 Å². The Labute approximate surface area is 99.6 Å². The third-order valence-electron chi connectivity index (χ3n) is 2.57. The highest BCUT2D eigenvalue weighted by atomic mass is 16.1. The van der Waals surface area contributed by atoms with Crippen molar-refractivity contribution in [1.29, 1.82) is 0 Å². The van der Waals surface area contributed by atoms with Crippen LogP contribution in [0.2, 0.25) is 0 Å². The molecule has 4 heteroatoms. The first-order valence-corrected chi connectivity index (χ1v) is 5.49. The maximum Gasteiger partial charge on any atom is 0.260 e. The summed E-state index contributed by atoms with van der Waals surface area (Å²) < 4.78 is 1.49. The highest BCUT2D eigenvalue weighted by Gasteiger charge is 2.01. The summed E-state index contributed by atoms with van der Waals surface area (Å²) in [6, 6.07) is 5.70. The predicted molar refractivity (Wildman–Crippen MR) is 69.9 cm³/mol. The second kappa shape index (κ2) is 4.93. The fraction of sp³-hybridized carbons (Fsp3) is 0.231. The molecule has 2 rings (SSSR count). The van der Waals surface area contributed by atoms with Crippen molar-refractivity contribution in [3.8, 4) is 0 Å². The highest BCUT2D eigenvalue weighted by Crippen LogP contribution is 2.10. The molecular formula is C13H15N3O. The largest absolute Gasteiger partial charge is 0.316 e. The maximum atomic E-state index is 11.9. The minimum atomic E-state index is -0.0149. The number of hydrogen-bond acceptors (Lipinski definition) is 3. The zero-order valence-electron chi connectivity index (χ0n) is 9.97. The van der Waals surface area contributed by atoms with E-state index in [-0.39, 0.29) is 5.56 Å². The summed E-state index contributed by atoms with van der Waals surface area (Å²) in [5, 5.41) is 3.68. The summed E-state index contributed by atoms with van der Waals surface area (Å²) >= 11 is 0. The molecular weight excluding hydrogens is 214 g/mol. The van der Waals surface area contributed by atoms with Crippen LogP contribution < -0.4 is 10.9 Å². The molecule has 0 amide bonds. The van der Waals surface area contributed by atoms with Crippen LogP contribution in [0, 0.1) is 0 Å². The average molecular weight is 229 g/mol. The molecule has 88 valence electrons. The molecule has 0 radical (unpaired) electrons. The Morgan fingerprint density at radius 3 is 3.06 bits per heavy atom. The molecule has 17 heavy (non-hydrogen) atoms. The van der Waals surface area contributed by atoms with E-state index < -0.39 is 0 Å². The maximum absolute atomic E-state index is 11.9. The number of rotatable bonds is 3. The molecule has 0 unspecified atom stereocenters. The zero-order chi connectivity index (χ0) is 12.3. The Morgan fingerprint density at radius 1 is 1.47 bits per heavy atom. The van der Waals surface area contributed by atoms with Crippen LogP contribution in [0.1, 0.15) is 5.56 Å². The first-order valence-electron chi connectivity index (χ1n) is 5.49. The van der Waals surface area contributed by atoms with Gasteiger partial charge in [-0.15, -0.1) is 0 Å². The number of benzene rings is 1. The van der Waals surface area contributed by atoms with Crippen LogP contribution in [0.25, 0.3) is 17.0 Å². The number of nitrogens with zero attached hydrogens (tertiary/aromatic N) is 2.